The molecule has 0 aliphatic heterocycles. The number of carboxylic acid groups (broad SMARTS) is 1. The lowest BCUT2D eigenvalue weighted by Crippen LogP contribution is -2.07. The van der Waals surface area contributed by atoms with Gasteiger partial charge in [-0.15, -0.1) is 0 Å². The Kier molecular flexibility index (Phi) is 3.82. The first kappa shape index (κ1) is 15.7. The fraction of sp³-hybridized carbons (Fsp3) is 0. The first-order chi connectivity index (χ1) is 10.8. The summed E-state index contributed by atoms with van der Waals surface area (Å²) in [6.45, 7) is 0. The smallest absolute Gasteiger partial charge is 0.353 e. The van der Waals surface area contributed by atoms with Gasteiger partial charge in [0.05, 0.1) is 32.3 Å². The summed E-state index contributed by atoms with van der Waals surface area (Å²) in [5.74, 6) is -1.31. The summed E-state index contributed by atoms with van der Waals surface area (Å²) >= 11 is 0. The highest BCUT2D eigenvalue weighted by Crippen LogP contribution is 2.41. The van der Waals surface area contributed by atoms with Crippen molar-refractivity contribution in [2.45, 2.75) is 0 Å². The summed E-state index contributed by atoms with van der Waals surface area (Å²) < 4.78 is 0. The van der Waals surface area contributed by atoms with Gasteiger partial charge in [-0.1, -0.05) is 12.1 Å². The molecule has 10 nitrogen and oxygen atoms in total. The van der Waals surface area contributed by atoms with Crippen molar-refractivity contribution >= 4 is 28.7 Å². The Morgan fingerprint density at radius 3 is 2.13 bits per heavy atom. The fourth-order valence-electron chi connectivity index (χ4n) is 2.15. The number of nitrogen functional groups attached to an aromatic ring is 2. The van der Waals surface area contributed by atoms with Crippen LogP contribution in [0.5, 0.6) is 0 Å². The minimum absolute atomic E-state index is 0.0444. The number of carbonyl (C=O) groups is 1. The monoisotopic (exact) mass is 318 g/mol. The molecule has 0 aromatic heterocycles. The molecule has 0 unspecified atom stereocenters. The standard InChI is InChI=1S/C13H10N4O6/c14-10-6(4-5-8(11(10)15)13(18)19)7-2-1-3-9(16(20)21)12(7)17(22)23/h1-5H,14-15H2,(H,18,19). The largest absolute Gasteiger partial charge is 0.478 e. The van der Waals surface area contributed by atoms with Crippen molar-refractivity contribution < 1.29 is 19.7 Å². The molecule has 0 aliphatic carbocycles. The van der Waals surface area contributed by atoms with Crippen LogP contribution in [-0.4, -0.2) is 20.9 Å². The molecule has 0 heterocycles. The minimum Gasteiger partial charge on any atom is -0.478 e. The van der Waals surface area contributed by atoms with Crippen LogP contribution in [0.3, 0.4) is 0 Å². The maximum Gasteiger partial charge on any atom is 0.353 e. The summed E-state index contributed by atoms with van der Waals surface area (Å²) in [6, 6.07) is 5.89. The Morgan fingerprint density at radius 2 is 1.61 bits per heavy atom. The molecule has 0 spiro atoms. The zero-order valence-corrected chi connectivity index (χ0v) is 11.4. The molecule has 0 aliphatic rings. The highest BCUT2D eigenvalue weighted by atomic mass is 16.6. The first-order valence-electron chi connectivity index (χ1n) is 6.09. The van der Waals surface area contributed by atoms with Gasteiger partial charge < -0.3 is 16.6 Å². The lowest BCUT2D eigenvalue weighted by Gasteiger charge is -2.11. The van der Waals surface area contributed by atoms with Crippen molar-refractivity contribution in [1.82, 2.24) is 0 Å². The third kappa shape index (κ3) is 2.60. The van der Waals surface area contributed by atoms with Crippen molar-refractivity contribution in [3.8, 4) is 11.1 Å². The fourth-order valence-corrected chi connectivity index (χ4v) is 2.15. The van der Waals surface area contributed by atoms with E-state index < -0.39 is 27.2 Å². The van der Waals surface area contributed by atoms with Crippen molar-refractivity contribution in [2.75, 3.05) is 11.5 Å². The molecule has 23 heavy (non-hydrogen) atoms. The molecular formula is C13H10N4O6. The summed E-state index contributed by atoms with van der Waals surface area (Å²) in [6.07, 6.45) is 0. The van der Waals surface area contributed by atoms with Crippen LogP contribution in [0.25, 0.3) is 11.1 Å². The molecule has 2 aromatic rings. The molecule has 0 fully saturated rings. The highest BCUT2D eigenvalue weighted by molar-refractivity contribution is 6.01. The number of carboxylic acids is 1. The zero-order chi connectivity index (χ0) is 17.3. The van der Waals surface area contributed by atoms with Gasteiger partial charge in [0.1, 0.15) is 0 Å². The van der Waals surface area contributed by atoms with E-state index in [0.29, 0.717) is 0 Å². The number of aromatic carboxylic acids is 1. The van der Waals surface area contributed by atoms with Crippen molar-refractivity contribution in [3.63, 3.8) is 0 Å². The van der Waals surface area contributed by atoms with Crippen LogP contribution in [0.15, 0.2) is 30.3 Å². The summed E-state index contributed by atoms with van der Waals surface area (Å²) in [5, 5.41) is 31.2. The number of benzene rings is 2. The number of para-hydroxylation sites is 1. The Morgan fingerprint density at radius 1 is 0.957 bits per heavy atom. The second-order valence-corrected chi connectivity index (χ2v) is 4.48. The van der Waals surface area contributed by atoms with Gasteiger partial charge in [-0.25, -0.2) is 4.79 Å². The number of nitro groups is 2. The minimum atomic E-state index is -1.31. The molecular weight excluding hydrogens is 308 g/mol. The topological polar surface area (TPSA) is 176 Å². The van der Waals surface area contributed by atoms with E-state index in [-0.39, 0.29) is 28.1 Å². The molecule has 0 saturated heterocycles. The van der Waals surface area contributed by atoms with Crippen LogP contribution in [-0.2, 0) is 0 Å². The SMILES string of the molecule is Nc1c(C(=O)O)ccc(-c2cccc([N+](=O)[O-])c2[N+](=O)[O-])c1N. The Bertz CT molecular complexity index is 849. The van der Waals surface area contributed by atoms with Crippen LogP contribution in [0.4, 0.5) is 22.7 Å². The van der Waals surface area contributed by atoms with Crippen LogP contribution in [0, 0.1) is 20.2 Å². The Hall–Kier alpha value is -3.69. The van der Waals surface area contributed by atoms with Crippen molar-refractivity contribution in [3.05, 3.63) is 56.1 Å². The van der Waals surface area contributed by atoms with Crippen LogP contribution < -0.4 is 11.5 Å². The van der Waals surface area contributed by atoms with E-state index in [1.54, 1.807) is 0 Å². The molecule has 0 radical (unpaired) electrons. The molecule has 5 N–H and O–H groups in total. The lowest BCUT2D eigenvalue weighted by atomic mass is 9.98. The second kappa shape index (κ2) is 5.60. The molecule has 0 amide bonds. The predicted molar refractivity (Wildman–Crippen MR) is 81.0 cm³/mol. The number of rotatable bonds is 4. The number of anilines is 2. The van der Waals surface area contributed by atoms with Crippen molar-refractivity contribution in [1.29, 1.82) is 0 Å². The molecule has 2 rings (SSSR count). The summed E-state index contributed by atoms with van der Waals surface area (Å²) in [7, 11) is 0. The van der Waals surface area contributed by atoms with E-state index in [1.165, 1.54) is 18.2 Å². The second-order valence-electron chi connectivity index (χ2n) is 4.48. The van der Waals surface area contributed by atoms with E-state index in [2.05, 4.69) is 0 Å². The number of hydrogen-bond donors (Lipinski definition) is 3. The maximum atomic E-state index is 11.2. The molecule has 0 saturated carbocycles. The van der Waals surface area contributed by atoms with Gasteiger partial charge in [0.2, 0.25) is 0 Å². The average molecular weight is 318 g/mol. The lowest BCUT2D eigenvalue weighted by molar-refractivity contribution is -0.422. The van der Waals surface area contributed by atoms with Crippen molar-refractivity contribution in [2.24, 2.45) is 0 Å². The molecule has 2 aromatic carbocycles. The quantitative estimate of drug-likeness (QED) is 0.435. The summed E-state index contributed by atoms with van der Waals surface area (Å²) in [5.41, 5.74) is 9.15. The van der Waals surface area contributed by atoms with E-state index in [4.69, 9.17) is 16.6 Å². The molecule has 0 atom stereocenters. The average Bonchev–Trinajstić information content (AvgIpc) is 2.48. The normalized spacial score (nSPS) is 10.3. The predicted octanol–water partition coefficient (Wildman–Crippen LogP) is 2.03. The third-order valence-electron chi connectivity index (χ3n) is 3.20. The van der Waals surface area contributed by atoms with Gasteiger partial charge in [0.15, 0.2) is 0 Å². The summed E-state index contributed by atoms with van der Waals surface area (Å²) in [4.78, 5) is 31.4. The molecule has 10 heteroatoms. The van der Waals surface area contributed by atoms with Gasteiger partial charge >= 0.3 is 17.3 Å². The molecule has 0 bridgehead atoms. The van der Waals surface area contributed by atoms with Crippen LogP contribution >= 0.6 is 0 Å². The number of nitrogens with two attached hydrogens (primary N) is 2. The first-order valence-corrected chi connectivity index (χ1v) is 6.09. The van der Waals surface area contributed by atoms with Gasteiger partial charge in [-0.2, -0.15) is 0 Å². The number of nitrogens with zero attached hydrogens (tertiary/aromatic N) is 2. The Balaban J connectivity index is 2.80. The van der Waals surface area contributed by atoms with Gasteiger partial charge in [-0.05, 0) is 12.1 Å². The van der Waals surface area contributed by atoms with E-state index in [0.717, 1.165) is 12.1 Å². The van der Waals surface area contributed by atoms with E-state index in [9.17, 15) is 25.0 Å². The molecule has 118 valence electrons. The maximum absolute atomic E-state index is 11.2. The van der Waals surface area contributed by atoms with E-state index in [1.807, 2.05) is 0 Å². The highest BCUT2D eigenvalue weighted by Gasteiger charge is 2.30. The number of hydrogen-bond acceptors (Lipinski definition) is 7. The van der Waals surface area contributed by atoms with E-state index >= 15 is 0 Å². The van der Waals surface area contributed by atoms with Gasteiger partial charge in [0.25, 0.3) is 0 Å². The zero-order valence-electron chi connectivity index (χ0n) is 11.4. The Labute approximate surface area is 128 Å². The van der Waals surface area contributed by atoms with Crippen LogP contribution in [0.1, 0.15) is 10.4 Å². The van der Waals surface area contributed by atoms with Crippen LogP contribution in [0.2, 0.25) is 0 Å². The van der Waals surface area contributed by atoms with Gasteiger partial charge in [-0.3, -0.25) is 20.2 Å². The number of nitro benzene ring substituents is 2. The third-order valence-corrected chi connectivity index (χ3v) is 3.20. The van der Waals surface area contributed by atoms with Gasteiger partial charge in [0, 0.05) is 11.6 Å².